The van der Waals surface area contributed by atoms with E-state index in [2.05, 4.69) is 4.98 Å². The molecule has 4 heteroatoms. The minimum absolute atomic E-state index is 0.111. The van der Waals surface area contributed by atoms with E-state index in [-0.39, 0.29) is 5.56 Å². The summed E-state index contributed by atoms with van der Waals surface area (Å²) in [5.74, 6) is 0. The highest BCUT2D eigenvalue weighted by Crippen LogP contribution is 2.36. The maximum atomic E-state index is 12.8. The highest BCUT2D eigenvalue weighted by molar-refractivity contribution is 5.64. The predicted molar refractivity (Wildman–Crippen MR) is 59.4 cm³/mol. The number of pyridine rings is 1. The first kappa shape index (κ1) is 11.6. The molecule has 0 atom stereocenters. The van der Waals surface area contributed by atoms with Crippen molar-refractivity contribution in [3.63, 3.8) is 0 Å². The number of nitrogens with zero attached hydrogens (tertiary/aromatic N) is 1. The largest absolute Gasteiger partial charge is 0.417 e. The summed E-state index contributed by atoms with van der Waals surface area (Å²) in [6.45, 7) is 1.84. The van der Waals surface area contributed by atoms with Crippen molar-refractivity contribution < 1.29 is 13.2 Å². The molecule has 0 aliphatic carbocycles. The van der Waals surface area contributed by atoms with Crippen LogP contribution >= 0.6 is 0 Å². The number of halogens is 3. The zero-order valence-electron chi connectivity index (χ0n) is 9.12. The van der Waals surface area contributed by atoms with Crippen molar-refractivity contribution in [2.75, 3.05) is 0 Å². The van der Waals surface area contributed by atoms with Crippen molar-refractivity contribution in [1.82, 2.24) is 4.98 Å². The fraction of sp³-hybridized carbons (Fsp3) is 0.154. The van der Waals surface area contributed by atoms with Gasteiger partial charge in [-0.3, -0.25) is 4.98 Å². The smallest absolute Gasteiger partial charge is 0.256 e. The molecule has 0 N–H and O–H groups in total. The van der Waals surface area contributed by atoms with Crippen LogP contribution in [0.3, 0.4) is 0 Å². The monoisotopic (exact) mass is 237 g/mol. The second-order valence-electron chi connectivity index (χ2n) is 3.76. The molecule has 0 radical (unpaired) electrons. The molecule has 0 unspecified atom stereocenters. The molecular weight excluding hydrogens is 227 g/mol. The van der Waals surface area contributed by atoms with Crippen LogP contribution in [0.25, 0.3) is 11.3 Å². The molecular formula is C13H10F3N. The van der Waals surface area contributed by atoms with Gasteiger partial charge in [0.05, 0.1) is 11.3 Å². The van der Waals surface area contributed by atoms with Gasteiger partial charge in [0.2, 0.25) is 0 Å². The average molecular weight is 237 g/mol. The second-order valence-corrected chi connectivity index (χ2v) is 3.76. The normalized spacial score (nSPS) is 11.5. The Bertz CT molecular complexity index is 515. The Kier molecular flexibility index (Phi) is 2.88. The van der Waals surface area contributed by atoms with Crippen LogP contribution in [0.2, 0.25) is 0 Å². The topological polar surface area (TPSA) is 12.9 Å². The van der Waals surface area contributed by atoms with Gasteiger partial charge in [-0.05, 0) is 24.6 Å². The van der Waals surface area contributed by atoms with Gasteiger partial charge < -0.3 is 0 Å². The summed E-state index contributed by atoms with van der Waals surface area (Å²) in [7, 11) is 0. The molecule has 0 spiro atoms. The van der Waals surface area contributed by atoms with Crippen LogP contribution in [-0.4, -0.2) is 4.98 Å². The van der Waals surface area contributed by atoms with E-state index in [0.29, 0.717) is 5.69 Å². The van der Waals surface area contributed by atoms with Crippen molar-refractivity contribution in [3.8, 4) is 11.3 Å². The van der Waals surface area contributed by atoms with E-state index in [1.165, 1.54) is 12.1 Å². The standard InChI is InChI=1S/C13H10F3N/c1-9-6-7-12(17-8-9)10-4-2-3-5-11(10)13(14,15)16/h2-8H,1H3. The average Bonchev–Trinajstić information content (AvgIpc) is 2.29. The van der Waals surface area contributed by atoms with Gasteiger partial charge >= 0.3 is 6.18 Å². The molecule has 17 heavy (non-hydrogen) atoms. The summed E-state index contributed by atoms with van der Waals surface area (Å²) in [4.78, 5) is 4.02. The van der Waals surface area contributed by atoms with Crippen molar-refractivity contribution >= 4 is 0 Å². The molecule has 0 amide bonds. The van der Waals surface area contributed by atoms with Gasteiger partial charge in [-0.15, -0.1) is 0 Å². The van der Waals surface area contributed by atoms with E-state index in [1.54, 1.807) is 24.4 Å². The zero-order valence-corrected chi connectivity index (χ0v) is 9.12. The molecule has 2 aromatic rings. The number of rotatable bonds is 1. The van der Waals surface area contributed by atoms with Crippen LogP contribution in [0, 0.1) is 6.92 Å². The van der Waals surface area contributed by atoms with E-state index in [0.717, 1.165) is 11.6 Å². The molecule has 0 saturated carbocycles. The summed E-state index contributed by atoms with van der Waals surface area (Å²) in [5.41, 5.74) is 0.707. The summed E-state index contributed by atoms with van der Waals surface area (Å²) in [6, 6.07) is 8.79. The van der Waals surface area contributed by atoms with Crippen molar-refractivity contribution in [2.24, 2.45) is 0 Å². The van der Waals surface area contributed by atoms with Gasteiger partial charge in [0.1, 0.15) is 0 Å². The van der Waals surface area contributed by atoms with Crippen LogP contribution < -0.4 is 0 Å². The van der Waals surface area contributed by atoms with Crippen LogP contribution in [0.4, 0.5) is 13.2 Å². The molecule has 1 aromatic heterocycles. The Morgan fingerprint density at radius 3 is 2.29 bits per heavy atom. The number of hydrogen-bond acceptors (Lipinski definition) is 1. The fourth-order valence-electron chi connectivity index (χ4n) is 1.58. The molecule has 0 aliphatic rings. The first-order valence-corrected chi connectivity index (χ1v) is 5.08. The summed E-state index contributed by atoms with van der Waals surface area (Å²) in [6.07, 6.45) is -2.80. The number of hydrogen-bond donors (Lipinski definition) is 0. The molecule has 1 aromatic carbocycles. The quantitative estimate of drug-likeness (QED) is 0.728. The highest BCUT2D eigenvalue weighted by atomic mass is 19.4. The summed E-state index contributed by atoms with van der Waals surface area (Å²) in [5, 5.41) is 0. The molecule has 2 rings (SSSR count). The summed E-state index contributed by atoms with van der Waals surface area (Å²) >= 11 is 0. The first-order valence-electron chi connectivity index (χ1n) is 5.08. The van der Waals surface area contributed by atoms with Gasteiger partial charge in [0.15, 0.2) is 0 Å². The van der Waals surface area contributed by atoms with Gasteiger partial charge in [-0.25, -0.2) is 0 Å². The van der Waals surface area contributed by atoms with E-state index in [9.17, 15) is 13.2 Å². The summed E-state index contributed by atoms with van der Waals surface area (Å²) < 4.78 is 38.4. The number of alkyl halides is 3. The lowest BCUT2D eigenvalue weighted by atomic mass is 10.0. The lowest BCUT2D eigenvalue weighted by molar-refractivity contribution is -0.137. The Morgan fingerprint density at radius 2 is 1.71 bits per heavy atom. The Labute approximate surface area is 96.9 Å². The van der Waals surface area contributed by atoms with Crippen molar-refractivity contribution in [1.29, 1.82) is 0 Å². The number of benzene rings is 1. The number of aromatic nitrogens is 1. The molecule has 0 saturated heterocycles. The van der Waals surface area contributed by atoms with Crippen LogP contribution in [-0.2, 0) is 6.18 Å². The van der Waals surface area contributed by atoms with Gasteiger partial charge in [-0.2, -0.15) is 13.2 Å². The molecule has 0 bridgehead atoms. The lowest BCUT2D eigenvalue weighted by Crippen LogP contribution is -2.07. The van der Waals surface area contributed by atoms with Crippen molar-refractivity contribution in [3.05, 3.63) is 53.7 Å². The van der Waals surface area contributed by atoms with Gasteiger partial charge in [-0.1, -0.05) is 24.3 Å². The lowest BCUT2D eigenvalue weighted by Gasteiger charge is -2.12. The Balaban J connectivity index is 2.56. The van der Waals surface area contributed by atoms with Gasteiger partial charge in [0, 0.05) is 11.8 Å². The van der Waals surface area contributed by atoms with Crippen molar-refractivity contribution in [2.45, 2.75) is 13.1 Å². The van der Waals surface area contributed by atoms with E-state index in [1.807, 2.05) is 6.92 Å². The molecule has 0 aliphatic heterocycles. The maximum absolute atomic E-state index is 12.8. The number of aryl methyl sites for hydroxylation is 1. The first-order chi connectivity index (χ1) is 7.98. The third-order valence-corrected chi connectivity index (χ3v) is 2.42. The SMILES string of the molecule is Cc1ccc(-c2ccccc2C(F)(F)F)nc1. The van der Waals surface area contributed by atoms with Gasteiger partial charge in [0.25, 0.3) is 0 Å². The van der Waals surface area contributed by atoms with Crippen LogP contribution in [0.1, 0.15) is 11.1 Å². The molecule has 0 fully saturated rings. The molecule has 1 nitrogen and oxygen atoms in total. The van der Waals surface area contributed by atoms with Crippen LogP contribution in [0.15, 0.2) is 42.6 Å². The Hall–Kier alpha value is -1.84. The minimum Gasteiger partial charge on any atom is -0.256 e. The third kappa shape index (κ3) is 2.46. The third-order valence-electron chi connectivity index (χ3n) is 2.42. The zero-order chi connectivity index (χ0) is 12.5. The van der Waals surface area contributed by atoms with E-state index < -0.39 is 11.7 Å². The fourth-order valence-corrected chi connectivity index (χ4v) is 1.58. The second kappa shape index (κ2) is 4.20. The maximum Gasteiger partial charge on any atom is 0.417 e. The van der Waals surface area contributed by atoms with E-state index in [4.69, 9.17) is 0 Å². The van der Waals surface area contributed by atoms with Crippen LogP contribution in [0.5, 0.6) is 0 Å². The predicted octanol–water partition coefficient (Wildman–Crippen LogP) is 4.08. The molecule has 1 heterocycles. The molecule has 88 valence electrons. The minimum atomic E-state index is -4.36. The Morgan fingerprint density at radius 1 is 1.00 bits per heavy atom. The highest BCUT2D eigenvalue weighted by Gasteiger charge is 2.33. The van der Waals surface area contributed by atoms with E-state index >= 15 is 0 Å².